The van der Waals surface area contributed by atoms with E-state index in [9.17, 15) is 27.2 Å². The Hall–Kier alpha value is -1.90. The van der Waals surface area contributed by atoms with Crippen LogP contribution in [0.25, 0.3) is 6.08 Å². The minimum absolute atomic E-state index is 0.0686. The Morgan fingerprint density at radius 3 is 2.13 bits per heavy atom. The van der Waals surface area contributed by atoms with Crippen molar-refractivity contribution >= 4 is 33.9 Å². The number of ether oxygens (including phenoxy) is 2. The number of alkyl halides is 3. The quantitative estimate of drug-likeness (QED) is 0.313. The van der Waals surface area contributed by atoms with Gasteiger partial charge in [-0.25, -0.2) is 14.0 Å². The van der Waals surface area contributed by atoms with E-state index in [1.54, 1.807) is 0 Å². The lowest BCUT2D eigenvalue weighted by Gasteiger charge is -2.29. The monoisotopic (exact) mass is 396 g/mol. The van der Waals surface area contributed by atoms with Crippen LogP contribution in [0.5, 0.6) is 0 Å². The molecule has 1 aromatic rings. The Bertz CT molecular complexity index is 700. The van der Waals surface area contributed by atoms with Crippen LogP contribution in [0.3, 0.4) is 0 Å². The van der Waals surface area contributed by atoms with Gasteiger partial charge in [-0.1, -0.05) is 15.9 Å². The van der Waals surface area contributed by atoms with E-state index in [0.29, 0.717) is 12.1 Å². The highest BCUT2D eigenvalue weighted by Crippen LogP contribution is 2.36. The highest BCUT2D eigenvalue weighted by atomic mass is 79.9. The van der Waals surface area contributed by atoms with Crippen LogP contribution in [0.2, 0.25) is 0 Å². The Morgan fingerprint density at radius 2 is 1.65 bits per heavy atom. The molecule has 124 valence electrons. The zero-order valence-electron chi connectivity index (χ0n) is 11.8. The van der Waals surface area contributed by atoms with Crippen molar-refractivity contribution < 1.29 is 36.6 Å². The summed E-state index contributed by atoms with van der Waals surface area (Å²) >= 11 is 2.88. The maximum Gasteiger partial charge on any atom is 0.419 e. The Labute approximate surface area is 136 Å². The fourth-order valence-corrected chi connectivity index (χ4v) is 2.26. The Balaban J connectivity index is 2.55. The number of rotatable bonds is 1. The topological polar surface area (TPSA) is 52.6 Å². The average Bonchev–Trinajstić information content (AvgIpc) is 2.33. The van der Waals surface area contributed by atoms with Gasteiger partial charge in [-0.15, -0.1) is 0 Å². The molecule has 0 N–H and O–H groups in total. The summed E-state index contributed by atoms with van der Waals surface area (Å²) in [5, 5.41) is 0. The summed E-state index contributed by atoms with van der Waals surface area (Å²) in [5.41, 5.74) is -2.84. The first kappa shape index (κ1) is 17.5. The van der Waals surface area contributed by atoms with Crippen LogP contribution in [0, 0.1) is 5.82 Å². The van der Waals surface area contributed by atoms with Gasteiger partial charge in [0.05, 0.1) is 5.56 Å². The number of carbonyl (C=O) groups is 2. The molecule has 0 radical (unpaired) electrons. The van der Waals surface area contributed by atoms with Crippen molar-refractivity contribution in [2.24, 2.45) is 0 Å². The van der Waals surface area contributed by atoms with Crippen LogP contribution in [-0.2, 0) is 25.2 Å². The van der Waals surface area contributed by atoms with E-state index in [4.69, 9.17) is 9.47 Å². The predicted molar refractivity (Wildman–Crippen MR) is 73.3 cm³/mol. The summed E-state index contributed by atoms with van der Waals surface area (Å²) in [7, 11) is 0. The van der Waals surface area contributed by atoms with Gasteiger partial charge in [-0.05, 0) is 18.2 Å². The fraction of sp³-hybridized carbons (Fsp3) is 0.286. The molecule has 0 spiro atoms. The first-order valence-electron chi connectivity index (χ1n) is 6.16. The standard InChI is InChI=1S/C14H9BrF4O4/c1-13(2)22-11(20)7(12(21)23-13)5-6-9(15)4-3-8(10(6)16)14(17,18)19/h3-5H,1-2H3. The second-order valence-electron chi connectivity index (χ2n) is 5.06. The maximum absolute atomic E-state index is 14.1. The number of benzene rings is 1. The van der Waals surface area contributed by atoms with Gasteiger partial charge < -0.3 is 9.47 Å². The molecular weight excluding hydrogens is 388 g/mol. The van der Waals surface area contributed by atoms with E-state index >= 15 is 0 Å². The molecule has 0 unspecified atom stereocenters. The summed E-state index contributed by atoms with van der Waals surface area (Å²) in [6, 6.07) is 1.50. The molecule has 1 aliphatic rings. The van der Waals surface area contributed by atoms with Crippen LogP contribution in [-0.4, -0.2) is 17.7 Å². The molecule has 0 amide bonds. The molecule has 2 rings (SSSR count). The maximum atomic E-state index is 14.1. The molecule has 23 heavy (non-hydrogen) atoms. The first-order chi connectivity index (χ1) is 10.4. The zero-order valence-corrected chi connectivity index (χ0v) is 13.3. The largest absolute Gasteiger partial charge is 0.419 e. The molecule has 1 fully saturated rings. The number of esters is 2. The van der Waals surface area contributed by atoms with Gasteiger partial charge in [-0.3, -0.25) is 0 Å². The summed E-state index contributed by atoms with van der Waals surface area (Å²) < 4.78 is 61.8. The molecule has 1 saturated heterocycles. The van der Waals surface area contributed by atoms with Gasteiger partial charge in [0.15, 0.2) is 0 Å². The van der Waals surface area contributed by atoms with Crippen LogP contribution in [0.1, 0.15) is 25.0 Å². The SMILES string of the molecule is CC1(C)OC(=O)C(=Cc2c(Br)ccc(C(F)(F)F)c2F)C(=O)O1. The Morgan fingerprint density at radius 1 is 1.13 bits per heavy atom. The molecule has 0 saturated carbocycles. The third kappa shape index (κ3) is 3.54. The first-order valence-corrected chi connectivity index (χ1v) is 6.95. The fourth-order valence-electron chi connectivity index (χ4n) is 1.84. The van der Waals surface area contributed by atoms with E-state index in [0.717, 1.165) is 6.07 Å². The van der Waals surface area contributed by atoms with Crippen molar-refractivity contribution in [1.29, 1.82) is 0 Å². The highest BCUT2D eigenvalue weighted by Gasteiger charge is 2.40. The lowest BCUT2D eigenvalue weighted by atomic mass is 10.1. The lowest BCUT2D eigenvalue weighted by molar-refractivity contribution is -0.222. The summed E-state index contributed by atoms with van der Waals surface area (Å²) in [6.45, 7) is 2.61. The molecule has 0 aromatic heterocycles. The molecular formula is C14H9BrF4O4. The van der Waals surface area contributed by atoms with Gasteiger partial charge in [0, 0.05) is 23.9 Å². The molecule has 9 heteroatoms. The van der Waals surface area contributed by atoms with Gasteiger partial charge in [-0.2, -0.15) is 13.2 Å². The van der Waals surface area contributed by atoms with E-state index in [1.165, 1.54) is 13.8 Å². The molecule has 1 aromatic carbocycles. The van der Waals surface area contributed by atoms with Crippen molar-refractivity contribution in [2.45, 2.75) is 25.8 Å². The second kappa shape index (κ2) is 5.63. The van der Waals surface area contributed by atoms with E-state index in [-0.39, 0.29) is 4.47 Å². The number of hydrogen-bond acceptors (Lipinski definition) is 4. The molecule has 0 atom stereocenters. The van der Waals surface area contributed by atoms with E-state index in [2.05, 4.69) is 15.9 Å². The molecule has 1 heterocycles. The van der Waals surface area contributed by atoms with Crippen LogP contribution in [0.15, 0.2) is 22.2 Å². The summed E-state index contributed by atoms with van der Waals surface area (Å²) in [5.74, 6) is -5.36. The van der Waals surface area contributed by atoms with Crippen molar-refractivity contribution in [1.82, 2.24) is 0 Å². The number of carbonyl (C=O) groups excluding carboxylic acids is 2. The van der Waals surface area contributed by atoms with Crippen molar-refractivity contribution in [2.75, 3.05) is 0 Å². The Kier molecular flexibility index (Phi) is 4.27. The molecule has 0 bridgehead atoms. The third-order valence-electron chi connectivity index (χ3n) is 2.84. The predicted octanol–water partition coefficient (Wildman–Crippen LogP) is 3.83. The second-order valence-corrected chi connectivity index (χ2v) is 5.91. The van der Waals surface area contributed by atoms with Crippen molar-refractivity contribution in [3.05, 3.63) is 39.1 Å². The zero-order chi connectivity index (χ0) is 17.6. The van der Waals surface area contributed by atoms with Gasteiger partial charge >= 0.3 is 18.1 Å². The highest BCUT2D eigenvalue weighted by molar-refractivity contribution is 9.10. The normalized spacial score (nSPS) is 17.6. The number of halogens is 5. The van der Waals surface area contributed by atoms with Gasteiger partial charge in [0.1, 0.15) is 11.4 Å². The van der Waals surface area contributed by atoms with Crippen LogP contribution >= 0.6 is 15.9 Å². The minimum atomic E-state index is -4.92. The smallest absolute Gasteiger partial charge is 0.419 e. The van der Waals surface area contributed by atoms with Gasteiger partial charge in [0.25, 0.3) is 5.79 Å². The van der Waals surface area contributed by atoms with Crippen LogP contribution < -0.4 is 0 Å². The number of cyclic esters (lactones) is 2. The third-order valence-corrected chi connectivity index (χ3v) is 3.53. The van der Waals surface area contributed by atoms with Crippen molar-refractivity contribution in [3.63, 3.8) is 0 Å². The number of hydrogen-bond donors (Lipinski definition) is 0. The van der Waals surface area contributed by atoms with Gasteiger partial charge in [0.2, 0.25) is 0 Å². The minimum Gasteiger partial charge on any atom is -0.419 e. The molecule has 4 nitrogen and oxygen atoms in total. The van der Waals surface area contributed by atoms with E-state index in [1.807, 2.05) is 0 Å². The molecule has 1 aliphatic heterocycles. The summed E-state index contributed by atoms with van der Waals surface area (Å²) in [6.07, 6.45) is -4.26. The summed E-state index contributed by atoms with van der Waals surface area (Å²) in [4.78, 5) is 23.6. The van der Waals surface area contributed by atoms with E-state index < -0.39 is 46.4 Å². The van der Waals surface area contributed by atoms with Crippen LogP contribution in [0.4, 0.5) is 17.6 Å². The van der Waals surface area contributed by atoms with Crippen molar-refractivity contribution in [3.8, 4) is 0 Å². The molecule has 0 aliphatic carbocycles. The lowest BCUT2D eigenvalue weighted by Crippen LogP contribution is -2.41. The average molecular weight is 397 g/mol.